The van der Waals surface area contributed by atoms with Crippen LogP contribution in [0, 0.1) is 37.3 Å². The summed E-state index contributed by atoms with van der Waals surface area (Å²) in [6.07, 6.45) is 1.36. The minimum absolute atomic E-state index is 0.0363. The highest BCUT2D eigenvalue weighted by Gasteiger charge is 2.31. The molecule has 3 rings (SSSR count). The van der Waals surface area contributed by atoms with Crippen molar-refractivity contribution in [2.45, 2.75) is 6.92 Å². The number of nitrogens with one attached hydrogen (secondary N) is 1. The van der Waals surface area contributed by atoms with Gasteiger partial charge in [0.05, 0.1) is 38.3 Å². The fourth-order valence-electron chi connectivity index (χ4n) is 2.88. The first kappa shape index (κ1) is 23.3. The third kappa shape index (κ3) is 5.27. The largest absolute Gasteiger partial charge is 0.507 e. The van der Waals surface area contributed by atoms with E-state index in [0.29, 0.717) is 22.2 Å². The molecular weight excluding hydrogens is 502 g/mol. The number of phenols is 1. The molecule has 0 fully saturated rings. The maximum absolute atomic E-state index is 11.5. The summed E-state index contributed by atoms with van der Waals surface area (Å²) in [5.74, 6) is -0.0363. The monoisotopic (exact) mass is 515 g/mol. The van der Waals surface area contributed by atoms with E-state index in [9.17, 15) is 35.4 Å². The number of nitro benzene ring substituents is 3. The lowest BCUT2D eigenvalue weighted by molar-refractivity contribution is -0.401. The molecule has 2 N–H and O–H groups in total. The van der Waals surface area contributed by atoms with Gasteiger partial charge in [-0.15, -0.1) is 0 Å². The van der Waals surface area contributed by atoms with Crippen LogP contribution in [0.2, 0.25) is 0 Å². The maximum atomic E-state index is 11.5. The molecule has 13 heteroatoms. The Morgan fingerprint density at radius 1 is 0.939 bits per heavy atom. The van der Waals surface area contributed by atoms with Crippen molar-refractivity contribution in [3.63, 3.8) is 0 Å². The van der Waals surface area contributed by atoms with E-state index in [1.165, 1.54) is 18.3 Å². The third-order valence-corrected chi connectivity index (χ3v) is 4.92. The molecular formula is C20H14BrN5O7. The molecule has 0 aliphatic rings. The molecule has 0 unspecified atom stereocenters. The van der Waals surface area contributed by atoms with Crippen molar-refractivity contribution in [2.75, 3.05) is 5.32 Å². The van der Waals surface area contributed by atoms with E-state index in [0.717, 1.165) is 5.56 Å². The van der Waals surface area contributed by atoms with Crippen LogP contribution in [-0.4, -0.2) is 26.1 Å². The van der Waals surface area contributed by atoms with Gasteiger partial charge in [-0.05, 0) is 42.8 Å². The third-order valence-electron chi connectivity index (χ3n) is 4.43. The van der Waals surface area contributed by atoms with Crippen LogP contribution in [0.1, 0.15) is 11.1 Å². The maximum Gasteiger partial charge on any atom is 0.306 e. The number of aromatic hydroxyl groups is 1. The Morgan fingerprint density at radius 3 is 2.15 bits per heavy atom. The van der Waals surface area contributed by atoms with Gasteiger partial charge in [0, 0.05) is 16.3 Å². The summed E-state index contributed by atoms with van der Waals surface area (Å²) < 4.78 is 0.696. The normalized spacial score (nSPS) is 10.8. The van der Waals surface area contributed by atoms with Gasteiger partial charge in [0.25, 0.3) is 5.69 Å². The SMILES string of the molecule is Cc1ccc(Nc2c([N+](=O)[O-])cc([N+](=O)[O-])cc2[N+](=O)[O-])c(N=Cc2cc(Br)ccc2O)c1. The highest BCUT2D eigenvalue weighted by molar-refractivity contribution is 9.10. The van der Waals surface area contributed by atoms with Gasteiger partial charge in [-0.1, -0.05) is 22.0 Å². The summed E-state index contributed by atoms with van der Waals surface area (Å²) >= 11 is 3.29. The first-order valence-electron chi connectivity index (χ1n) is 9.08. The summed E-state index contributed by atoms with van der Waals surface area (Å²) in [6.45, 7) is 1.77. The number of nitro groups is 3. The number of benzene rings is 3. The molecule has 3 aromatic carbocycles. The van der Waals surface area contributed by atoms with Crippen LogP contribution >= 0.6 is 15.9 Å². The number of non-ortho nitro benzene ring substituents is 1. The van der Waals surface area contributed by atoms with Gasteiger partial charge in [-0.25, -0.2) is 0 Å². The second kappa shape index (κ2) is 9.40. The Labute approximate surface area is 193 Å². The van der Waals surface area contributed by atoms with E-state index in [4.69, 9.17) is 0 Å². The standard InChI is InChI=1S/C20H14BrN5O7/c1-11-2-4-15(16(6-11)22-10-12-7-13(21)3-5-19(12)27)23-20-17(25(30)31)8-14(24(28)29)9-18(20)26(32)33/h2-10,23,27H,1H3. The van der Waals surface area contributed by atoms with Crippen LogP contribution in [0.4, 0.5) is 34.1 Å². The van der Waals surface area contributed by atoms with Crippen molar-refractivity contribution in [1.82, 2.24) is 0 Å². The first-order chi connectivity index (χ1) is 15.6. The number of nitrogens with zero attached hydrogens (tertiary/aromatic N) is 4. The molecule has 33 heavy (non-hydrogen) atoms. The second-order valence-electron chi connectivity index (χ2n) is 6.74. The van der Waals surface area contributed by atoms with E-state index in [1.807, 2.05) is 0 Å². The van der Waals surface area contributed by atoms with Gasteiger partial charge >= 0.3 is 11.4 Å². The van der Waals surface area contributed by atoms with E-state index in [2.05, 4.69) is 26.2 Å². The number of halogens is 1. The van der Waals surface area contributed by atoms with Crippen molar-refractivity contribution in [3.05, 3.63) is 94.5 Å². The molecule has 0 aliphatic carbocycles. The zero-order chi connectivity index (χ0) is 24.3. The van der Waals surface area contributed by atoms with Crippen LogP contribution in [0.25, 0.3) is 0 Å². The molecule has 0 spiro atoms. The van der Waals surface area contributed by atoms with Gasteiger partial charge in [0.1, 0.15) is 5.75 Å². The molecule has 12 nitrogen and oxygen atoms in total. The Hall–Kier alpha value is -4.39. The number of anilines is 2. The summed E-state index contributed by atoms with van der Waals surface area (Å²) in [7, 11) is 0. The lowest BCUT2D eigenvalue weighted by atomic mass is 10.1. The quantitative estimate of drug-likeness (QED) is 0.229. The summed E-state index contributed by atoms with van der Waals surface area (Å²) in [6, 6.07) is 10.8. The number of phenolic OH excluding ortho intramolecular Hbond substituents is 1. The van der Waals surface area contributed by atoms with Gasteiger partial charge < -0.3 is 10.4 Å². The predicted molar refractivity (Wildman–Crippen MR) is 124 cm³/mol. The van der Waals surface area contributed by atoms with Gasteiger partial charge in [-0.2, -0.15) is 0 Å². The minimum atomic E-state index is -0.949. The van der Waals surface area contributed by atoms with Gasteiger partial charge in [0.2, 0.25) is 0 Å². The molecule has 3 aromatic rings. The van der Waals surface area contributed by atoms with Crippen LogP contribution < -0.4 is 5.32 Å². The highest BCUT2D eigenvalue weighted by atomic mass is 79.9. The summed E-state index contributed by atoms with van der Waals surface area (Å²) in [5.41, 5.74) is -1.40. The Morgan fingerprint density at radius 2 is 1.58 bits per heavy atom. The van der Waals surface area contributed by atoms with E-state index < -0.39 is 37.5 Å². The van der Waals surface area contributed by atoms with Crippen molar-refractivity contribution in [1.29, 1.82) is 0 Å². The van der Waals surface area contributed by atoms with Crippen LogP contribution in [-0.2, 0) is 0 Å². The van der Waals surface area contributed by atoms with Crippen LogP contribution in [0.3, 0.4) is 0 Å². The average Bonchev–Trinajstić information content (AvgIpc) is 2.75. The lowest BCUT2D eigenvalue weighted by Crippen LogP contribution is -2.03. The fourth-order valence-corrected chi connectivity index (χ4v) is 3.25. The number of rotatable bonds is 7. The van der Waals surface area contributed by atoms with Crippen molar-refractivity contribution < 1.29 is 19.9 Å². The first-order valence-corrected chi connectivity index (χ1v) is 9.87. The Kier molecular flexibility index (Phi) is 6.63. The zero-order valence-electron chi connectivity index (χ0n) is 16.8. The topological polar surface area (TPSA) is 174 Å². The van der Waals surface area contributed by atoms with Crippen molar-refractivity contribution in [2.24, 2.45) is 4.99 Å². The van der Waals surface area contributed by atoms with E-state index >= 15 is 0 Å². The smallest absolute Gasteiger partial charge is 0.306 e. The zero-order valence-corrected chi connectivity index (χ0v) is 18.3. The van der Waals surface area contributed by atoms with Gasteiger partial charge in [0.15, 0.2) is 5.69 Å². The van der Waals surface area contributed by atoms with Crippen LogP contribution in [0.5, 0.6) is 5.75 Å². The molecule has 0 amide bonds. The highest BCUT2D eigenvalue weighted by Crippen LogP contribution is 2.42. The summed E-state index contributed by atoms with van der Waals surface area (Å²) in [5, 5.41) is 46.8. The lowest BCUT2D eigenvalue weighted by Gasteiger charge is -2.11. The molecule has 0 bridgehead atoms. The molecule has 168 valence electrons. The van der Waals surface area contributed by atoms with Crippen molar-refractivity contribution in [3.8, 4) is 5.75 Å². The predicted octanol–water partition coefficient (Wildman–Crippen LogP) is 5.68. The van der Waals surface area contributed by atoms with E-state index in [-0.39, 0.29) is 17.1 Å². The molecule has 0 aliphatic heterocycles. The second-order valence-corrected chi connectivity index (χ2v) is 7.65. The number of aliphatic imine (C=N–C) groups is 1. The Balaban J connectivity index is 2.13. The van der Waals surface area contributed by atoms with Crippen molar-refractivity contribution >= 4 is 56.3 Å². The minimum Gasteiger partial charge on any atom is -0.507 e. The van der Waals surface area contributed by atoms with Crippen LogP contribution in [0.15, 0.2) is 58.0 Å². The molecule has 0 radical (unpaired) electrons. The molecule has 0 saturated heterocycles. The number of hydrogen-bond acceptors (Lipinski definition) is 9. The summed E-state index contributed by atoms with van der Waals surface area (Å²) in [4.78, 5) is 35.6. The number of hydrogen-bond donors (Lipinski definition) is 2. The average molecular weight is 516 g/mol. The molecule has 0 atom stereocenters. The molecule has 0 heterocycles. The van der Waals surface area contributed by atoms with Gasteiger partial charge in [-0.3, -0.25) is 35.3 Å². The number of aryl methyl sites for hydroxylation is 1. The Bertz CT molecular complexity index is 1290. The molecule has 0 aromatic heterocycles. The van der Waals surface area contributed by atoms with E-state index in [1.54, 1.807) is 31.2 Å². The fraction of sp³-hybridized carbons (Fsp3) is 0.0500. The molecule has 0 saturated carbocycles.